The van der Waals surface area contributed by atoms with Gasteiger partial charge in [0, 0.05) is 42.5 Å². The number of nitrogen functional groups attached to an aromatic ring is 1. The van der Waals surface area contributed by atoms with Crippen LogP contribution >= 0.6 is 0 Å². The average molecular weight is 850 g/mol. The minimum absolute atomic E-state index is 0.00381. The molecule has 3 aromatic rings. The molecule has 3 rings (SSSR count). The van der Waals surface area contributed by atoms with Crippen LogP contribution in [0.4, 0.5) is 11.6 Å². The standard InChI is InChI=1S/C38H42N8O15/c1-2-46(18-19-3-8-23-22(17-19)33(54)45-38(39)44-23)21-6-4-20(5-7-21)32(53)42-24(11-15-30(49)50)34(55)43-27(37(60)61)10-14-29(48)40-25(35(56)57)9-13-28(47)41-26(36(58)59)12-16-31(51)52/h1,3-8,17,24-27H,9-16,18H2,(H,40,48)(H,41,47)(H,42,53)(H,43,55)(H,49,50)(H,51,52)(H,56,57)(H,58,59)(H,60,61)(H3,39,44,45,54)/p-1. The van der Waals surface area contributed by atoms with Gasteiger partial charge >= 0.3 is 23.9 Å². The second kappa shape index (κ2) is 22.2. The number of H-pyrrole nitrogens is 1. The van der Waals surface area contributed by atoms with Crippen LogP contribution in [0.25, 0.3) is 10.9 Å². The van der Waals surface area contributed by atoms with Crippen molar-refractivity contribution in [2.45, 2.75) is 82.1 Å². The highest BCUT2D eigenvalue weighted by atomic mass is 16.4. The van der Waals surface area contributed by atoms with Crippen LogP contribution in [0.15, 0.2) is 47.3 Å². The maximum absolute atomic E-state index is 13.2. The highest BCUT2D eigenvalue weighted by Gasteiger charge is 2.29. The van der Waals surface area contributed by atoms with Gasteiger partial charge in [0.15, 0.2) is 0 Å². The van der Waals surface area contributed by atoms with Crippen molar-refractivity contribution in [1.29, 1.82) is 0 Å². The van der Waals surface area contributed by atoms with E-state index >= 15 is 0 Å². The fourth-order valence-electron chi connectivity index (χ4n) is 5.66. The molecule has 0 aliphatic carbocycles. The molecule has 324 valence electrons. The van der Waals surface area contributed by atoms with E-state index in [2.05, 4.69) is 32.0 Å². The number of carbonyl (C=O) groups excluding carboxylic acids is 5. The number of nitrogens with zero attached hydrogens (tertiary/aromatic N) is 2. The number of aromatic nitrogens is 2. The predicted molar refractivity (Wildman–Crippen MR) is 208 cm³/mol. The lowest BCUT2D eigenvalue weighted by molar-refractivity contribution is -0.305. The highest BCUT2D eigenvalue weighted by molar-refractivity contribution is 5.98. The fraction of sp³-hybridized carbons (Fsp3) is 0.342. The number of nitrogens with two attached hydrogens (primary N) is 1. The Labute approximate surface area is 344 Å². The maximum atomic E-state index is 13.2. The van der Waals surface area contributed by atoms with E-state index in [1.54, 1.807) is 18.2 Å². The van der Waals surface area contributed by atoms with Crippen molar-refractivity contribution in [2.24, 2.45) is 0 Å². The minimum atomic E-state index is -1.78. The molecule has 11 N–H and O–H groups in total. The molecule has 23 nitrogen and oxygen atoms in total. The summed E-state index contributed by atoms with van der Waals surface area (Å²) in [5.41, 5.74) is 6.63. The number of nitrogens with one attached hydrogen (secondary N) is 5. The minimum Gasteiger partial charge on any atom is -0.550 e. The zero-order valence-corrected chi connectivity index (χ0v) is 32.0. The van der Waals surface area contributed by atoms with Crippen LogP contribution in [0, 0.1) is 12.5 Å². The van der Waals surface area contributed by atoms with Gasteiger partial charge in [0.25, 0.3) is 11.5 Å². The summed E-state index contributed by atoms with van der Waals surface area (Å²) >= 11 is 0. The molecule has 61 heavy (non-hydrogen) atoms. The second-order valence-electron chi connectivity index (χ2n) is 13.3. The monoisotopic (exact) mass is 849 g/mol. The molecule has 23 heteroatoms. The SMILES string of the molecule is C#CN(Cc1ccc2nc(N)[nH]c(=O)c2c1)c1ccc(C(=O)NC(CCC(=O)O)C(=O)NC(CCC(=O)NC(CCC(=O)NC(CCC(=O)[O-])C(=O)O)C(=O)O)C(=O)O)cc1. The normalized spacial score (nSPS) is 12.6. The number of carboxylic acids is 5. The summed E-state index contributed by atoms with van der Waals surface area (Å²) in [5.74, 6) is -11.6. The molecule has 0 fully saturated rings. The number of carboxylic acid groups (broad SMARTS) is 5. The zero-order valence-electron chi connectivity index (χ0n) is 32.0. The number of amides is 4. The van der Waals surface area contributed by atoms with Crippen molar-refractivity contribution < 1.29 is 68.7 Å². The van der Waals surface area contributed by atoms with Crippen molar-refractivity contribution in [2.75, 3.05) is 10.6 Å². The first kappa shape index (κ1) is 47.3. The van der Waals surface area contributed by atoms with Gasteiger partial charge in [-0.15, -0.1) is 0 Å². The van der Waals surface area contributed by atoms with Gasteiger partial charge in [-0.2, -0.15) is 0 Å². The molecule has 2 aromatic carbocycles. The number of fused-ring (bicyclic) bond motifs is 1. The molecule has 1 heterocycles. The Kier molecular flexibility index (Phi) is 17.2. The van der Waals surface area contributed by atoms with Gasteiger partial charge in [0.2, 0.25) is 23.7 Å². The number of hydrogen-bond acceptors (Lipinski definition) is 14. The van der Waals surface area contributed by atoms with E-state index in [0.717, 1.165) is 0 Å². The summed E-state index contributed by atoms with van der Waals surface area (Å²) in [5, 5.41) is 57.3. The lowest BCUT2D eigenvalue weighted by atomic mass is 10.1. The molecule has 0 aliphatic rings. The van der Waals surface area contributed by atoms with Gasteiger partial charge in [0.05, 0.1) is 17.4 Å². The van der Waals surface area contributed by atoms with Crippen LogP contribution in [0.5, 0.6) is 0 Å². The first-order valence-electron chi connectivity index (χ1n) is 18.2. The largest absolute Gasteiger partial charge is 0.550 e. The Hall–Kier alpha value is -8.03. The number of carbonyl (C=O) groups is 9. The first-order valence-corrected chi connectivity index (χ1v) is 18.2. The molecule has 0 aliphatic heterocycles. The van der Waals surface area contributed by atoms with E-state index in [1.807, 2.05) is 5.32 Å². The second-order valence-corrected chi connectivity index (χ2v) is 13.3. The maximum Gasteiger partial charge on any atom is 0.326 e. The van der Waals surface area contributed by atoms with Gasteiger partial charge in [-0.1, -0.05) is 12.5 Å². The lowest BCUT2D eigenvalue weighted by Gasteiger charge is -2.22. The summed E-state index contributed by atoms with van der Waals surface area (Å²) in [4.78, 5) is 129. The average Bonchev–Trinajstić information content (AvgIpc) is 3.19. The van der Waals surface area contributed by atoms with Crippen molar-refractivity contribution >= 4 is 76.0 Å². The Balaban J connectivity index is 1.62. The van der Waals surface area contributed by atoms with Crippen LogP contribution in [0.3, 0.4) is 0 Å². The van der Waals surface area contributed by atoms with E-state index in [9.17, 15) is 73.5 Å². The van der Waals surface area contributed by atoms with Crippen molar-refractivity contribution in [3.05, 3.63) is 63.9 Å². The third kappa shape index (κ3) is 15.0. The van der Waals surface area contributed by atoms with Gasteiger partial charge < -0.3 is 57.3 Å². The number of benzene rings is 2. The molecule has 0 saturated carbocycles. The van der Waals surface area contributed by atoms with Crippen LogP contribution in [-0.2, 0) is 44.9 Å². The van der Waals surface area contributed by atoms with Crippen LogP contribution in [0.1, 0.15) is 67.3 Å². The third-order valence-electron chi connectivity index (χ3n) is 8.83. The number of rotatable bonds is 24. The Morgan fingerprint density at radius 3 is 1.77 bits per heavy atom. The Morgan fingerprint density at radius 1 is 0.738 bits per heavy atom. The van der Waals surface area contributed by atoms with Crippen molar-refractivity contribution in [1.82, 2.24) is 31.2 Å². The number of hydrogen-bond donors (Lipinski definition) is 10. The summed E-state index contributed by atoms with van der Waals surface area (Å²) in [6.45, 7) is 0.137. The molecule has 0 radical (unpaired) electrons. The van der Waals surface area contributed by atoms with Crippen LogP contribution in [-0.4, -0.2) is 108 Å². The Bertz CT molecular complexity index is 2270. The Morgan fingerprint density at radius 2 is 1.26 bits per heavy atom. The molecule has 0 spiro atoms. The zero-order chi connectivity index (χ0) is 45.4. The summed E-state index contributed by atoms with van der Waals surface area (Å²) < 4.78 is 0. The van der Waals surface area contributed by atoms with E-state index in [0.29, 0.717) is 16.8 Å². The smallest absolute Gasteiger partial charge is 0.326 e. The molecule has 0 saturated heterocycles. The van der Waals surface area contributed by atoms with Gasteiger partial charge in [-0.25, -0.2) is 19.4 Å². The first-order chi connectivity index (χ1) is 28.8. The van der Waals surface area contributed by atoms with E-state index in [1.165, 1.54) is 29.2 Å². The molecular formula is C38H41N8O15-. The third-order valence-corrected chi connectivity index (χ3v) is 8.83. The summed E-state index contributed by atoms with van der Waals surface area (Å²) in [6.07, 6.45) is 1.03. The van der Waals surface area contributed by atoms with E-state index in [-0.39, 0.29) is 23.4 Å². The molecule has 4 amide bonds. The quantitative estimate of drug-likeness (QED) is 0.0340. The number of anilines is 2. The van der Waals surface area contributed by atoms with E-state index in [4.69, 9.17) is 12.2 Å². The fourth-order valence-corrected chi connectivity index (χ4v) is 5.66. The van der Waals surface area contributed by atoms with E-state index < -0.39 is 135 Å². The lowest BCUT2D eigenvalue weighted by Crippen LogP contribution is -2.52. The van der Waals surface area contributed by atoms with Crippen molar-refractivity contribution in [3.8, 4) is 12.5 Å². The molecular weight excluding hydrogens is 808 g/mol. The number of aliphatic carboxylic acids is 5. The number of terminal acetylenes is 1. The van der Waals surface area contributed by atoms with Crippen LogP contribution < -0.4 is 42.6 Å². The predicted octanol–water partition coefficient (Wildman–Crippen LogP) is -2.14. The van der Waals surface area contributed by atoms with Crippen molar-refractivity contribution in [3.63, 3.8) is 0 Å². The van der Waals surface area contributed by atoms with Gasteiger partial charge in [-0.05, 0) is 74.1 Å². The molecule has 1 aromatic heterocycles. The molecule has 4 atom stereocenters. The number of aromatic amines is 1. The summed E-state index contributed by atoms with van der Waals surface area (Å²) in [6, 6.07) is 6.44. The highest BCUT2D eigenvalue weighted by Crippen LogP contribution is 2.20. The molecule has 4 unspecified atom stereocenters. The summed E-state index contributed by atoms with van der Waals surface area (Å²) in [7, 11) is 0. The topological polar surface area (TPSA) is 381 Å². The van der Waals surface area contributed by atoms with Gasteiger partial charge in [-0.3, -0.25) is 38.7 Å². The van der Waals surface area contributed by atoms with Crippen LogP contribution in [0.2, 0.25) is 0 Å². The van der Waals surface area contributed by atoms with Gasteiger partial charge in [0.1, 0.15) is 24.2 Å². The molecule has 0 bridgehead atoms.